The molecule has 0 aliphatic carbocycles. The number of amides is 1. The molecule has 0 fully saturated rings. The Bertz CT molecular complexity index is 1160. The zero-order valence-electron chi connectivity index (χ0n) is 14.4. The highest BCUT2D eigenvalue weighted by Gasteiger charge is 2.12. The Balaban J connectivity index is 1.54. The average Bonchev–Trinajstić information content (AvgIpc) is 3.21. The Morgan fingerprint density at radius 2 is 1.81 bits per heavy atom. The summed E-state index contributed by atoms with van der Waals surface area (Å²) in [5.74, 6) is -0.221. The second-order valence-electron chi connectivity index (χ2n) is 5.95. The zero-order valence-corrected chi connectivity index (χ0v) is 14.4. The van der Waals surface area contributed by atoms with E-state index in [2.05, 4.69) is 25.9 Å². The maximum atomic E-state index is 12.5. The smallest absolute Gasteiger partial charge is 0.274 e. The van der Waals surface area contributed by atoms with E-state index in [1.54, 1.807) is 49.5 Å². The van der Waals surface area contributed by atoms with Crippen molar-refractivity contribution in [2.45, 2.75) is 6.42 Å². The molecule has 1 N–H and O–H groups in total. The lowest BCUT2D eigenvalue weighted by molar-refractivity contribution is -0.115. The molecule has 4 aromatic rings. The number of nitrogens with zero attached hydrogens (tertiary/aromatic N) is 6. The van der Waals surface area contributed by atoms with Crippen LogP contribution in [0.4, 0.5) is 5.69 Å². The van der Waals surface area contributed by atoms with Crippen LogP contribution in [0.3, 0.4) is 0 Å². The Morgan fingerprint density at radius 1 is 1.07 bits per heavy atom. The molecule has 134 valence electrons. The van der Waals surface area contributed by atoms with Crippen molar-refractivity contribution in [3.63, 3.8) is 0 Å². The van der Waals surface area contributed by atoms with Crippen LogP contribution in [0.2, 0.25) is 0 Å². The molecule has 0 radical (unpaired) electrons. The monoisotopic (exact) mass is 361 g/mol. The Morgan fingerprint density at radius 3 is 2.52 bits per heavy atom. The molecule has 0 atom stereocenters. The summed E-state index contributed by atoms with van der Waals surface area (Å²) in [6, 6.07) is 14.3. The third-order valence-electron chi connectivity index (χ3n) is 4.13. The van der Waals surface area contributed by atoms with E-state index in [4.69, 9.17) is 0 Å². The standard InChI is InChI=1S/C18H15N7O2/c1-24-18(27)15-5-3-2-4-14(15)16(21-24)10-17(26)20-12-6-8-13(9-7-12)25-11-19-22-23-25/h2-9,11H,10H2,1H3,(H,20,26). The lowest BCUT2D eigenvalue weighted by atomic mass is 10.1. The topological polar surface area (TPSA) is 108 Å². The molecule has 0 unspecified atom stereocenters. The Hall–Kier alpha value is -3.88. The van der Waals surface area contributed by atoms with Crippen LogP contribution >= 0.6 is 0 Å². The van der Waals surface area contributed by atoms with Crippen molar-refractivity contribution < 1.29 is 4.79 Å². The molecule has 9 heteroatoms. The van der Waals surface area contributed by atoms with Crippen LogP contribution in [0, 0.1) is 0 Å². The van der Waals surface area contributed by atoms with E-state index in [1.165, 1.54) is 15.7 Å². The second-order valence-corrected chi connectivity index (χ2v) is 5.95. The van der Waals surface area contributed by atoms with Crippen molar-refractivity contribution in [1.29, 1.82) is 0 Å². The molecular formula is C18H15N7O2. The van der Waals surface area contributed by atoms with Crippen molar-refractivity contribution >= 4 is 22.4 Å². The summed E-state index contributed by atoms with van der Waals surface area (Å²) in [6.07, 6.45) is 1.55. The summed E-state index contributed by atoms with van der Waals surface area (Å²) in [5.41, 5.74) is 1.79. The number of benzene rings is 2. The predicted octanol–water partition coefficient (Wildman–Crippen LogP) is 1.09. The highest BCUT2D eigenvalue weighted by atomic mass is 16.1. The van der Waals surface area contributed by atoms with E-state index in [0.717, 1.165) is 5.69 Å². The van der Waals surface area contributed by atoms with Crippen LogP contribution in [-0.4, -0.2) is 35.9 Å². The highest BCUT2D eigenvalue weighted by Crippen LogP contribution is 2.15. The van der Waals surface area contributed by atoms with E-state index in [-0.39, 0.29) is 17.9 Å². The molecule has 2 aromatic heterocycles. The van der Waals surface area contributed by atoms with Crippen molar-refractivity contribution in [3.05, 3.63) is 70.9 Å². The first-order chi connectivity index (χ1) is 13.1. The van der Waals surface area contributed by atoms with Gasteiger partial charge in [0.15, 0.2) is 0 Å². The number of hydrogen-bond acceptors (Lipinski definition) is 6. The molecule has 27 heavy (non-hydrogen) atoms. The van der Waals surface area contributed by atoms with Gasteiger partial charge in [0.05, 0.1) is 23.2 Å². The van der Waals surface area contributed by atoms with Gasteiger partial charge < -0.3 is 5.32 Å². The number of nitrogens with one attached hydrogen (secondary N) is 1. The van der Waals surface area contributed by atoms with Gasteiger partial charge >= 0.3 is 0 Å². The van der Waals surface area contributed by atoms with E-state index in [9.17, 15) is 9.59 Å². The summed E-state index contributed by atoms with van der Waals surface area (Å²) < 4.78 is 2.78. The molecule has 2 heterocycles. The minimum absolute atomic E-state index is 0.0589. The molecule has 0 aliphatic rings. The first kappa shape index (κ1) is 16.6. The fraction of sp³-hybridized carbons (Fsp3) is 0.111. The molecule has 1 amide bonds. The molecule has 0 saturated carbocycles. The summed E-state index contributed by atoms with van der Waals surface area (Å²) in [5, 5.41) is 19.3. The quantitative estimate of drug-likeness (QED) is 0.583. The molecule has 0 bridgehead atoms. The maximum absolute atomic E-state index is 12.5. The number of carbonyl (C=O) groups excluding carboxylic acids is 1. The Kier molecular flexibility index (Phi) is 4.17. The SMILES string of the molecule is Cn1nc(CC(=O)Nc2ccc(-n3cnnn3)cc2)c2ccccc2c1=O. The largest absolute Gasteiger partial charge is 0.326 e. The summed E-state index contributed by atoms with van der Waals surface area (Å²) >= 11 is 0. The van der Waals surface area contributed by atoms with Gasteiger partial charge in [-0.2, -0.15) is 5.10 Å². The first-order valence-electron chi connectivity index (χ1n) is 8.20. The van der Waals surface area contributed by atoms with Crippen LogP contribution < -0.4 is 10.9 Å². The fourth-order valence-corrected chi connectivity index (χ4v) is 2.84. The molecule has 9 nitrogen and oxygen atoms in total. The van der Waals surface area contributed by atoms with E-state index in [1.807, 2.05) is 6.07 Å². The highest BCUT2D eigenvalue weighted by molar-refractivity contribution is 5.95. The minimum Gasteiger partial charge on any atom is -0.326 e. The van der Waals surface area contributed by atoms with Gasteiger partial charge in [-0.15, -0.1) is 5.10 Å². The van der Waals surface area contributed by atoms with E-state index in [0.29, 0.717) is 22.2 Å². The van der Waals surface area contributed by atoms with Crippen LogP contribution in [-0.2, 0) is 18.3 Å². The van der Waals surface area contributed by atoms with Crippen LogP contribution in [0.25, 0.3) is 16.5 Å². The maximum Gasteiger partial charge on any atom is 0.274 e. The second kappa shape index (κ2) is 6.79. The van der Waals surface area contributed by atoms with Crippen molar-refractivity contribution in [2.24, 2.45) is 7.05 Å². The van der Waals surface area contributed by atoms with Gasteiger partial charge in [0.2, 0.25) is 5.91 Å². The normalized spacial score (nSPS) is 10.9. The fourth-order valence-electron chi connectivity index (χ4n) is 2.84. The molecule has 4 rings (SSSR count). The molecule has 0 spiro atoms. The number of hydrogen-bond donors (Lipinski definition) is 1. The predicted molar refractivity (Wildman–Crippen MR) is 98.5 cm³/mol. The lowest BCUT2D eigenvalue weighted by Gasteiger charge is -2.09. The van der Waals surface area contributed by atoms with Gasteiger partial charge in [-0.05, 0) is 40.8 Å². The Labute approximate surface area is 153 Å². The average molecular weight is 361 g/mol. The number of aryl methyl sites for hydroxylation is 1. The number of tetrazole rings is 1. The first-order valence-corrected chi connectivity index (χ1v) is 8.20. The zero-order chi connectivity index (χ0) is 18.8. The van der Waals surface area contributed by atoms with Crippen LogP contribution in [0.1, 0.15) is 5.69 Å². The van der Waals surface area contributed by atoms with Gasteiger partial charge in [0.25, 0.3) is 5.56 Å². The third kappa shape index (κ3) is 3.30. The molecular weight excluding hydrogens is 346 g/mol. The third-order valence-corrected chi connectivity index (χ3v) is 4.13. The number of aromatic nitrogens is 6. The number of fused-ring (bicyclic) bond motifs is 1. The van der Waals surface area contributed by atoms with Crippen molar-refractivity contribution in [2.75, 3.05) is 5.32 Å². The van der Waals surface area contributed by atoms with Gasteiger partial charge in [-0.1, -0.05) is 18.2 Å². The van der Waals surface area contributed by atoms with Gasteiger partial charge in [0, 0.05) is 18.1 Å². The summed E-state index contributed by atoms with van der Waals surface area (Å²) in [6.45, 7) is 0. The minimum atomic E-state index is -0.221. The van der Waals surface area contributed by atoms with Crippen molar-refractivity contribution in [3.8, 4) is 5.69 Å². The summed E-state index contributed by atoms with van der Waals surface area (Å²) in [4.78, 5) is 24.6. The van der Waals surface area contributed by atoms with E-state index >= 15 is 0 Å². The van der Waals surface area contributed by atoms with Crippen LogP contribution in [0.15, 0.2) is 59.7 Å². The van der Waals surface area contributed by atoms with Gasteiger partial charge in [-0.3, -0.25) is 9.59 Å². The van der Waals surface area contributed by atoms with Gasteiger partial charge in [-0.25, -0.2) is 9.36 Å². The van der Waals surface area contributed by atoms with Gasteiger partial charge in [0.1, 0.15) is 6.33 Å². The van der Waals surface area contributed by atoms with Crippen molar-refractivity contribution in [1.82, 2.24) is 30.0 Å². The van der Waals surface area contributed by atoms with Crippen LogP contribution in [0.5, 0.6) is 0 Å². The number of carbonyl (C=O) groups is 1. The summed E-state index contributed by atoms with van der Waals surface area (Å²) in [7, 11) is 1.58. The number of rotatable bonds is 4. The molecule has 0 saturated heterocycles. The van der Waals surface area contributed by atoms with E-state index < -0.39 is 0 Å². The number of anilines is 1. The molecule has 0 aliphatic heterocycles. The lowest BCUT2D eigenvalue weighted by Crippen LogP contribution is -2.24. The molecule has 2 aromatic carbocycles.